The van der Waals surface area contributed by atoms with Gasteiger partial charge < -0.3 is 0 Å². The summed E-state index contributed by atoms with van der Waals surface area (Å²) in [7, 11) is 0. The fourth-order valence-corrected chi connectivity index (χ4v) is 4.04. The van der Waals surface area contributed by atoms with Gasteiger partial charge in [0.1, 0.15) is 10.7 Å². The number of nitrogens with zero attached hydrogens (tertiary/aromatic N) is 2. The molecule has 0 aliphatic heterocycles. The van der Waals surface area contributed by atoms with Gasteiger partial charge in [-0.1, -0.05) is 19.8 Å². The molecule has 1 aliphatic rings. The van der Waals surface area contributed by atoms with E-state index in [1.165, 1.54) is 10.4 Å². The molecule has 2 aromatic rings. The van der Waals surface area contributed by atoms with Crippen LogP contribution >= 0.6 is 11.3 Å². The molecular formula is C15H16N2OS. The standard InChI is InChI=1S/C15H16N2OS/c1-4-8-17-13(9(2)3)16-14-12(15(17)18)10-6-5-7-11(10)19-14/h1,9H,5-8H2,2-3H3. The lowest BCUT2D eigenvalue weighted by Gasteiger charge is -2.12. The van der Waals surface area contributed by atoms with Crippen LogP contribution in [0.25, 0.3) is 10.2 Å². The highest BCUT2D eigenvalue weighted by Crippen LogP contribution is 2.35. The summed E-state index contributed by atoms with van der Waals surface area (Å²) in [6.45, 7) is 4.39. The lowest BCUT2D eigenvalue weighted by Crippen LogP contribution is -2.25. The van der Waals surface area contributed by atoms with E-state index in [9.17, 15) is 4.79 Å². The smallest absolute Gasteiger partial charge is 0.263 e. The molecule has 1 aliphatic carbocycles. The Morgan fingerprint density at radius 1 is 1.47 bits per heavy atom. The zero-order chi connectivity index (χ0) is 13.6. The first-order valence-electron chi connectivity index (χ1n) is 6.62. The van der Waals surface area contributed by atoms with Crippen LogP contribution in [0.5, 0.6) is 0 Å². The fraction of sp³-hybridized carbons (Fsp3) is 0.467. The minimum absolute atomic E-state index is 0.0473. The minimum Gasteiger partial charge on any atom is -0.284 e. The summed E-state index contributed by atoms with van der Waals surface area (Å²) in [5.74, 6) is 3.57. The van der Waals surface area contributed by atoms with Gasteiger partial charge in [-0.25, -0.2) is 4.98 Å². The van der Waals surface area contributed by atoms with Crippen LogP contribution in [0.4, 0.5) is 0 Å². The van der Waals surface area contributed by atoms with Crippen LogP contribution in [0, 0.1) is 12.3 Å². The maximum absolute atomic E-state index is 12.7. The third kappa shape index (κ3) is 1.81. The highest BCUT2D eigenvalue weighted by atomic mass is 32.1. The Morgan fingerprint density at radius 3 is 2.95 bits per heavy atom. The van der Waals surface area contributed by atoms with Crippen molar-refractivity contribution in [1.29, 1.82) is 0 Å². The minimum atomic E-state index is 0.0473. The molecule has 0 spiro atoms. The maximum Gasteiger partial charge on any atom is 0.263 e. The second-order valence-corrected chi connectivity index (χ2v) is 6.34. The van der Waals surface area contributed by atoms with Crippen LogP contribution in [0.2, 0.25) is 0 Å². The van der Waals surface area contributed by atoms with Crippen molar-refractivity contribution in [2.24, 2.45) is 0 Å². The van der Waals surface area contributed by atoms with Gasteiger partial charge in [-0.05, 0) is 24.8 Å². The van der Waals surface area contributed by atoms with E-state index in [1.807, 2.05) is 13.8 Å². The lowest BCUT2D eigenvalue weighted by molar-refractivity contribution is 0.650. The Balaban J connectivity index is 2.38. The Kier molecular flexibility index (Phi) is 2.94. The molecule has 0 fully saturated rings. The van der Waals surface area contributed by atoms with Crippen molar-refractivity contribution in [3.05, 3.63) is 26.6 Å². The van der Waals surface area contributed by atoms with Crippen molar-refractivity contribution in [3.8, 4) is 12.3 Å². The molecule has 0 atom stereocenters. The predicted molar refractivity (Wildman–Crippen MR) is 78.8 cm³/mol. The molecule has 2 heterocycles. The molecule has 0 unspecified atom stereocenters. The number of aryl methyl sites for hydroxylation is 2. The van der Waals surface area contributed by atoms with Crippen molar-refractivity contribution in [1.82, 2.24) is 9.55 Å². The Labute approximate surface area is 116 Å². The van der Waals surface area contributed by atoms with Gasteiger partial charge in [0, 0.05) is 10.8 Å². The van der Waals surface area contributed by atoms with E-state index < -0.39 is 0 Å². The number of fused-ring (bicyclic) bond motifs is 3. The van der Waals surface area contributed by atoms with Gasteiger partial charge >= 0.3 is 0 Å². The quantitative estimate of drug-likeness (QED) is 0.788. The second-order valence-electron chi connectivity index (χ2n) is 5.26. The molecule has 0 saturated heterocycles. The van der Waals surface area contributed by atoms with E-state index in [0.717, 1.165) is 35.3 Å². The summed E-state index contributed by atoms with van der Waals surface area (Å²) in [6, 6.07) is 0. The van der Waals surface area contributed by atoms with E-state index in [-0.39, 0.29) is 11.5 Å². The Morgan fingerprint density at radius 2 is 2.26 bits per heavy atom. The highest BCUT2D eigenvalue weighted by Gasteiger charge is 2.23. The average Bonchev–Trinajstić information content (AvgIpc) is 2.91. The molecule has 3 nitrogen and oxygen atoms in total. The lowest BCUT2D eigenvalue weighted by atomic mass is 10.1. The Bertz CT molecular complexity index is 746. The number of rotatable bonds is 2. The van der Waals surface area contributed by atoms with Crippen molar-refractivity contribution >= 4 is 21.6 Å². The fourth-order valence-electron chi connectivity index (χ4n) is 2.78. The molecule has 4 heteroatoms. The molecule has 0 bridgehead atoms. The van der Waals surface area contributed by atoms with Gasteiger partial charge in [0.2, 0.25) is 0 Å². The van der Waals surface area contributed by atoms with Gasteiger partial charge in [-0.3, -0.25) is 9.36 Å². The number of thiophene rings is 1. The van der Waals surface area contributed by atoms with Crippen LogP contribution < -0.4 is 5.56 Å². The Hall–Kier alpha value is -1.60. The highest BCUT2D eigenvalue weighted by molar-refractivity contribution is 7.18. The van der Waals surface area contributed by atoms with Gasteiger partial charge in [-0.15, -0.1) is 17.8 Å². The predicted octanol–water partition coefficient (Wildman–Crippen LogP) is 2.70. The molecule has 19 heavy (non-hydrogen) atoms. The van der Waals surface area contributed by atoms with Crippen molar-refractivity contribution in [2.45, 2.75) is 45.6 Å². The second kappa shape index (κ2) is 4.50. The number of aromatic nitrogens is 2. The average molecular weight is 272 g/mol. The van der Waals surface area contributed by atoms with Gasteiger partial charge in [0.15, 0.2) is 0 Å². The van der Waals surface area contributed by atoms with Gasteiger partial charge in [-0.2, -0.15) is 0 Å². The first kappa shape index (κ1) is 12.4. The summed E-state index contributed by atoms with van der Waals surface area (Å²) in [6.07, 6.45) is 8.63. The molecule has 98 valence electrons. The summed E-state index contributed by atoms with van der Waals surface area (Å²) < 4.78 is 1.66. The number of terminal acetylenes is 1. The maximum atomic E-state index is 12.7. The van der Waals surface area contributed by atoms with Gasteiger partial charge in [0.05, 0.1) is 11.9 Å². The van der Waals surface area contributed by atoms with Crippen LogP contribution in [0.15, 0.2) is 4.79 Å². The molecule has 0 radical (unpaired) electrons. The van der Waals surface area contributed by atoms with Crippen LogP contribution in [0.3, 0.4) is 0 Å². The third-order valence-electron chi connectivity index (χ3n) is 3.62. The molecular weight excluding hydrogens is 256 g/mol. The summed E-state index contributed by atoms with van der Waals surface area (Å²) in [5, 5.41) is 0.817. The third-order valence-corrected chi connectivity index (χ3v) is 4.81. The SMILES string of the molecule is C#CCn1c(C(C)C)nc2sc3c(c2c1=O)CCC3. The number of hydrogen-bond donors (Lipinski definition) is 0. The van der Waals surface area contributed by atoms with E-state index in [4.69, 9.17) is 11.4 Å². The number of hydrogen-bond acceptors (Lipinski definition) is 3. The normalized spacial score (nSPS) is 14.0. The first-order valence-corrected chi connectivity index (χ1v) is 7.43. The van der Waals surface area contributed by atoms with Crippen LogP contribution in [-0.2, 0) is 19.4 Å². The van der Waals surface area contributed by atoms with E-state index in [0.29, 0.717) is 6.54 Å². The van der Waals surface area contributed by atoms with E-state index >= 15 is 0 Å². The van der Waals surface area contributed by atoms with Gasteiger partial charge in [0.25, 0.3) is 5.56 Å². The van der Waals surface area contributed by atoms with Crippen LogP contribution in [-0.4, -0.2) is 9.55 Å². The zero-order valence-electron chi connectivity index (χ0n) is 11.2. The molecule has 3 rings (SSSR count). The monoisotopic (exact) mass is 272 g/mol. The summed E-state index contributed by atoms with van der Waals surface area (Å²) >= 11 is 1.68. The molecule has 0 saturated carbocycles. The van der Waals surface area contributed by atoms with E-state index in [2.05, 4.69) is 5.92 Å². The topological polar surface area (TPSA) is 34.9 Å². The van der Waals surface area contributed by atoms with Crippen molar-refractivity contribution in [3.63, 3.8) is 0 Å². The molecule has 0 amide bonds. The largest absolute Gasteiger partial charge is 0.284 e. The zero-order valence-corrected chi connectivity index (χ0v) is 12.0. The summed E-state index contributed by atoms with van der Waals surface area (Å²) in [5.41, 5.74) is 1.27. The molecule has 0 N–H and O–H groups in total. The van der Waals surface area contributed by atoms with Crippen molar-refractivity contribution < 1.29 is 0 Å². The first-order chi connectivity index (χ1) is 9.13. The molecule has 0 aromatic carbocycles. The summed E-state index contributed by atoms with van der Waals surface area (Å²) in [4.78, 5) is 19.6. The molecule has 2 aromatic heterocycles. The van der Waals surface area contributed by atoms with Crippen molar-refractivity contribution in [2.75, 3.05) is 0 Å². The van der Waals surface area contributed by atoms with Crippen LogP contribution in [0.1, 0.15) is 42.5 Å². The van der Waals surface area contributed by atoms with E-state index in [1.54, 1.807) is 15.9 Å².